The Kier molecular flexibility index (Phi) is 3.46. The lowest BCUT2D eigenvalue weighted by Gasteiger charge is -2.16. The smallest absolute Gasteiger partial charge is 0.329 e. The van der Waals surface area contributed by atoms with Gasteiger partial charge >= 0.3 is 6.03 Å². The Bertz CT molecular complexity index is 623. The molecule has 3 rings (SSSR count). The number of benzene rings is 2. The van der Waals surface area contributed by atoms with Gasteiger partial charge in [-0.15, -0.1) is 0 Å². The van der Waals surface area contributed by atoms with Gasteiger partial charge in [0.25, 0.3) is 0 Å². The van der Waals surface area contributed by atoms with E-state index in [1.165, 1.54) is 0 Å². The number of hydrogen-bond donors (Lipinski definition) is 2. The highest BCUT2D eigenvalue weighted by Gasteiger charge is 2.21. The van der Waals surface area contributed by atoms with Gasteiger partial charge < -0.3 is 5.32 Å². The Morgan fingerprint density at radius 2 is 1.60 bits per heavy atom. The van der Waals surface area contributed by atoms with Gasteiger partial charge in [0.1, 0.15) is 0 Å². The molecule has 4 nitrogen and oxygen atoms in total. The van der Waals surface area contributed by atoms with Crippen molar-refractivity contribution in [1.29, 1.82) is 0 Å². The van der Waals surface area contributed by atoms with Gasteiger partial charge in [-0.05, 0) is 11.1 Å². The van der Waals surface area contributed by atoms with E-state index >= 15 is 0 Å². The van der Waals surface area contributed by atoms with Crippen molar-refractivity contribution in [3.8, 4) is 0 Å². The summed E-state index contributed by atoms with van der Waals surface area (Å²) in [6, 6.07) is 19.5. The van der Waals surface area contributed by atoms with E-state index in [4.69, 9.17) is 0 Å². The molecule has 0 aromatic heterocycles. The molecule has 1 aliphatic heterocycles. The summed E-state index contributed by atoms with van der Waals surface area (Å²) < 4.78 is 0. The fourth-order valence-electron chi connectivity index (χ4n) is 2.30. The predicted molar refractivity (Wildman–Crippen MR) is 78.4 cm³/mol. The second kappa shape index (κ2) is 5.57. The summed E-state index contributed by atoms with van der Waals surface area (Å²) in [5.74, 6) is 0. The third-order valence-electron chi connectivity index (χ3n) is 3.30. The Labute approximate surface area is 117 Å². The number of urea groups is 1. The maximum Gasteiger partial charge on any atom is 0.335 e. The molecule has 2 aromatic rings. The standard InChI is InChI=1S/C16H15N3O/c20-16-17-14(12-7-3-1-4-8-12)11-15(18-19-16)13-9-5-2-6-10-13/h1-10,14H,11H2,(H2,17,19,20). The highest BCUT2D eigenvalue weighted by Crippen LogP contribution is 2.21. The third kappa shape index (κ3) is 2.69. The summed E-state index contributed by atoms with van der Waals surface area (Å²) in [5.41, 5.74) is 5.51. The molecule has 0 fully saturated rings. The molecule has 1 aliphatic rings. The van der Waals surface area contributed by atoms with Crippen LogP contribution in [0.5, 0.6) is 0 Å². The largest absolute Gasteiger partial charge is 0.335 e. The van der Waals surface area contributed by atoms with Crippen LogP contribution in [-0.4, -0.2) is 11.7 Å². The minimum absolute atomic E-state index is 0.0716. The van der Waals surface area contributed by atoms with E-state index in [-0.39, 0.29) is 12.1 Å². The fourth-order valence-corrected chi connectivity index (χ4v) is 2.30. The molecule has 2 N–H and O–H groups in total. The lowest BCUT2D eigenvalue weighted by atomic mass is 9.97. The zero-order valence-corrected chi connectivity index (χ0v) is 10.9. The number of hydrazone groups is 1. The van der Waals surface area contributed by atoms with Crippen molar-refractivity contribution in [3.63, 3.8) is 0 Å². The van der Waals surface area contributed by atoms with Crippen LogP contribution >= 0.6 is 0 Å². The van der Waals surface area contributed by atoms with Crippen molar-refractivity contribution in [3.05, 3.63) is 71.8 Å². The van der Waals surface area contributed by atoms with Crippen LogP contribution in [0.25, 0.3) is 0 Å². The topological polar surface area (TPSA) is 53.5 Å². The predicted octanol–water partition coefficient (Wildman–Crippen LogP) is 2.83. The number of amides is 2. The lowest BCUT2D eigenvalue weighted by molar-refractivity contribution is 0.239. The van der Waals surface area contributed by atoms with E-state index in [0.29, 0.717) is 6.42 Å². The second-order valence-electron chi connectivity index (χ2n) is 4.68. The summed E-state index contributed by atoms with van der Waals surface area (Å²) in [5, 5.41) is 7.14. The van der Waals surface area contributed by atoms with E-state index in [1.54, 1.807) is 0 Å². The molecule has 1 heterocycles. The average molecular weight is 265 g/mol. The Hall–Kier alpha value is -2.62. The second-order valence-corrected chi connectivity index (χ2v) is 4.68. The van der Waals surface area contributed by atoms with Crippen LogP contribution in [0.1, 0.15) is 23.6 Å². The number of nitrogens with one attached hydrogen (secondary N) is 2. The molecule has 0 saturated heterocycles. The van der Waals surface area contributed by atoms with Gasteiger partial charge in [-0.1, -0.05) is 60.7 Å². The molecule has 0 spiro atoms. The first kappa shape index (κ1) is 12.4. The van der Waals surface area contributed by atoms with Crippen LogP contribution in [0.4, 0.5) is 4.79 Å². The number of nitrogens with zero attached hydrogens (tertiary/aromatic N) is 1. The van der Waals surface area contributed by atoms with Crippen LogP contribution in [0.2, 0.25) is 0 Å². The van der Waals surface area contributed by atoms with Crippen LogP contribution in [0, 0.1) is 0 Å². The normalized spacial score (nSPS) is 18.5. The molecular formula is C16H15N3O. The molecule has 2 aromatic carbocycles. The van der Waals surface area contributed by atoms with Gasteiger partial charge in [0, 0.05) is 6.42 Å². The molecule has 0 radical (unpaired) electrons. The van der Waals surface area contributed by atoms with Crippen LogP contribution in [-0.2, 0) is 0 Å². The number of hydrogen-bond acceptors (Lipinski definition) is 2. The zero-order valence-electron chi connectivity index (χ0n) is 10.9. The first-order valence-corrected chi connectivity index (χ1v) is 6.56. The molecule has 4 heteroatoms. The van der Waals surface area contributed by atoms with Crippen molar-refractivity contribution in [2.24, 2.45) is 5.10 Å². The summed E-state index contributed by atoms with van der Waals surface area (Å²) in [7, 11) is 0. The van der Waals surface area contributed by atoms with E-state index in [1.807, 2.05) is 60.7 Å². The summed E-state index contributed by atoms with van der Waals surface area (Å²) in [4.78, 5) is 11.7. The molecule has 0 bridgehead atoms. The van der Waals surface area contributed by atoms with Crippen LogP contribution < -0.4 is 10.7 Å². The first-order valence-electron chi connectivity index (χ1n) is 6.56. The highest BCUT2D eigenvalue weighted by atomic mass is 16.2. The van der Waals surface area contributed by atoms with Crippen LogP contribution in [0.3, 0.4) is 0 Å². The molecule has 1 atom stereocenters. The first-order chi connectivity index (χ1) is 9.83. The van der Waals surface area contributed by atoms with E-state index < -0.39 is 0 Å². The number of carbonyl (C=O) groups excluding carboxylic acids is 1. The van der Waals surface area contributed by atoms with Crippen molar-refractivity contribution in [2.45, 2.75) is 12.5 Å². The summed E-state index contributed by atoms with van der Waals surface area (Å²) in [6.07, 6.45) is 0.659. The Morgan fingerprint density at radius 3 is 2.30 bits per heavy atom. The molecule has 100 valence electrons. The molecule has 20 heavy (non-hydrogen) atoms. The summed E-state index contributed by atoms with van der Waals surface area (Å²) in [6.45, 7) is 0. The van der Waals surface area contributed by atoms with Gasteiger partial charge in [0.2, 0.25) is 0 Å². The van der Waals surface area contributed by atoms with E-state index in [2.05, 4.69) is 15.8 Å². The highest BCUT2D eigenvalue weighted by molar-refractivity contribution is 6.02. The zero-order chi connectivity index (χ0) is 13.8. The van der Waals surface area contributed by atoms with E-state index in [9.17, 15) is 4.79 Å². The van der Waals surface area contributed by atoms with Gasteiger partial charge in [-0.3, -0.25) is 0 Å². The van der Waals surface area contributed by atoms with Crippen molar-refractivity contribution in [1.82, 2.24) is 10.7 Å². The van der Waals surface area contributed by atoms with Crippen molar-refractivity contribution < 1.29 is 4.79 Å². The number of carbonyl (C=O) groups is 1. The van der Waals surface area contributed by atoms with Crippen molar-refractivity contribution in [2.75, 3.05) is 0 Å². The van der Waals surface area contributed by atoms with Gasteiger partial charge in [0.05, 0.1) is 11.8 Å². The summed E-state index contributed by atoms with van der Waals surface area (Å²) >= 11 is 0. The molecule has 0 aliphatic carbocycles. The minimum atomic E-state index is -0.273. The molecule has 2 amide bonds. The Balaban J connectivity index is 1.91. The lowest BCUT2D eigenvalue weighted by Crippen LogP contribution is -2.33. The third-order valence-corrected chi connectivity index (χ3v) is 3.30. The minimum Gasteiger partial charge on any atom is -0.329 e. The van der Waals surface area contributed by atoms with E-state index in [0.717, 1.165) is 16.8 Å². The van der Waals surface area contributed by atoms with Crippen molar-refractivity contribution >= 4 is 11.7 Å². The van der Waals surface area contributed by atoms with Gasteiger partial charge in [0.15, 0.2) is 0 Å². The molecule has 1 unspecified atom stereocenters. The molecule has 0 saturated carbocycles. The fraction of sp³-hybridized carbons (Fsp3) is 0.125. The quantitative estimate of drug-likeness (QED) is 0.862. The van der Waals surface area contributed by atoms with Crippen LogP contribution in [0.15, 0.2) is 65.8 Å². The monoisotopic (exact) mass is 265 g/mol. The van der Waals surface area contributed by atoms with Gasteiger partial charge in [-0.25, -0.2) is 10.2 Å². The molecular weight excluding hydrogens is 250 g/mol. The SMILES string of the molecule is O=C1NN=C(c2ccccc2)CC(c2ccccc2)N1. The Morgan fingerprint density at radius 1 is 0.950 bits per heavy atom. The maximum absolute atomic E-state index is 11.7. The number of rotatable bonds is 2. The maximum atomic E-state index is 11.7. The average Bonchev–Trinajstić information content (AvgIpc) is 2.71. The van der Waals surface area contributed by atoms with Gasteiger partial charge in [-0.2, -0.15) is 5.10 Å².